The minimum Gasteiger partial charge on any atom is -0.488 e. The molecule has 3 aromatic rings. The quantitative estimate of drug-likeness (QED) is 0.377. The van der Waals surface area contributed by atoms with E-state index in [4.69, 9.17) is 17.0 Å². The molecule has 0 bridgehead atoms. The van der Waals surface area contributed by atoms with Gasteiger partial charge in [0.2, 0.25) is 0 Å². The number of anilines is 1. The van der Waals surface area contributed by atoms with Crippen LogP contribution in [0.15, 0.2) is 83.8 Å². The standard InChI is InChI=1S/C24H19NO2S2/c1-17-9-5-6-11-19(17)16-27-21-14-8-7-10-18(21)15-22-23(26)25(24(28)29-22)20-12-3-2-4-13-20/h2-15H,16H2,1H3/b22-15+. The van der Waals surface area contributed by atoms with Gasteiger partial charge in [0.05, 0.1) is 10.6 Å². The van der Waals surface area contributed by atoms with Gasteiger partial charge in [0.25, 0.3) is 5.91 Å². The van der Waals surface area contributed by atoms with E-state index in [1.54, 1.807) is 4.90 Å². The Morgan fingerprint density at radius 1 is 0.966 bits per heavy atom. The van der Waals surface area contributed by atoms with E-state index in [0.717, 1.165) is 22.6 Å². The molecule has 1 saturated heterocycles. The second-order valence-electron chi connectivity index (χ2n) is 6.61. The summed E-state index contributed by atoms with van der Waals surface area (Å²) in [6.07, 6.45) is 1.86. The van der Waals surface area contributed by atoms with E-state index >= 15 is 0 Å². The number of benzene rings is 3. The van der Waals surface area contributed by atoms with Gasteiger partial charge in [-0.2, -0.15) is 0 Å². The largest absolute Gasteiger partial charge is 0.488 e. The molecule has 0 aliphatic carbocycles. The van der Waals surface area contributed by atoms with Crippen LogP contribution in [-0.2, 0) is 11.4 Å². The number of hydrogen-bond donors (Lipinski definition) is 0. The lowest BCUT2D eigenvalue weighted by Crippen LogP contribution is -2.27. The van der Waals surface area contributed by atoms with Gasteiger partial charge in [-0.25, -0.2) is 0 Å². The Bertz CT molecular complexity index is 1090. The number of nitrogens with zero attached hydrogens (tertiary/aromatic N) is 1. The van der Waals surface area contributed by atoms with E-state index in [1.165, 1.54) is 17.3 Å². The molecule has 1 aliphatic heterocycles. The number of hydrogen-bond acceptors (Lipinski definition) is 4. The molecule has 29 heavy (non-hydrogen) atoms. The van der Waals surface area contributed by atoms with Crippen molar-refractivity contribution >= 4 is 46.0 Å². The smallest absolute Gasteiger partial charge is 0.270 e. The van der Waals surface area contributed by atoms with E-state index in [2.05, 4.69) is 19.1 Å². The molecule has 1 fully saturated rings. The molecule has 0 atom stereocenters. The highest BCUT2D eigenvalue weighted by atomic mass is 32.2. The van der Waals surface area contributed by atoms with Crippen molar-refractivity contribution in [3.8, 4) is 5.75 Å². The van der Waals surface area contributed by atoms with Crippen LogP contribution in [0.3, 0.4) is 0 Å². The van der Waals surface area contributed by atoms with Crippen LogP contribution in [0.4, 0.5) is 5.69 Å². The lowest BCUT2D eigenvalue weighted by Gasteiger charge is -2.14. The van der Waals surface area contributed by atoms with E-state index in [9.17, 15) is 4.79 Å². The first-order chi connectivity index (χ1) is 14.1. The minimum atomic E-state index is -0.111. The van der Waals surface area contributed by atoms with Crippen molar-refractivity contribution in [1.82, 2.24) is 0 Å². The monoisotopic (exact) mass is 417 g/mol. The Morgan fingerprint density at radius 3 is 2.45 bits per heavy atom. The third-order valence-electron chi connectivity index (χ3n) is 4.66. The Balaban J connectivity index is 1.58. The molecule has 0 saturated carbocycles. The summed E-state index contributed by atoms with van der Waals surface area (Å²) < 4.78 is 6.61. The maximum absolute atomic E-state index is 13.0. The van der Waals surface area contributed by atoms with Crippen molar-refractivity contribution in [1.29, 1.82) is 0 Å². The van der Waals surface area contributed by atoms with E-state index in [1.807, 2.05) is 72.8 Å². The molecule has 0 aromatic heterocycles. The Labute approximate surface area is 180 Å². The molecule has 5 heteroatoms. The van der Waals surface area contributed by atoms with Crippen molar-refractivity contribution in [3.63, 3.8) is 0 Å². The van der Waals surface area contributed by atoms with Crippen LogP contribution >= 0.6 is 24.0 Å². The van der Waals surface area contributed by atoms with Gasteiger partial charge in [-0.15, -0.1) is 0 Å². The van der Waals surface area contributed by atoms with Gasteiger partial charge < -0.3 is 4.74 Å². The van der Waals surface area contributed by atoms with Gasteiger partial charge in [0, 0.05) is 5.56 Å². The molecule has 1 amide bonds. The summed E-state index contributed by atoms with van der Waals surface area (Å²) in [5.74, 6) is 0.626. The molecule has 144 valence electrons. The summed E-state index contributed by atoms with van der Waals surface area (Å²) in [5, 5.41) is 0. The lowest BCUT2D eigenvalue weighted by atomic mass is 10.1. The predicted molar refractivity (Wildman–Crippen MR) is 124 cm³/mol. The molecule has 1 aliphatic rings. The first-order valence-corrected chi connectivity index (χ1v) is 10.5. The van der Waals surface area contributed by atoms with Crippen LogP contribution in [0, 0.1) is 6.92 Å². The van der Waals surface area contributed by atoms with Gasteiger partial charge in [-0.05, 0) is 42.3 Å². The number of ether oxygens (including phenoxy) is 1. The SMILES string of the molecule is Cc1ccccc1COc1ccccc1/C=C1/SC(=S)N(c2ccccc2)C1=O. The first kappa shape index (κ1) is 19.4. The summed E-state index contributed by atoms with van der Waals surface area (Å²) in [5.41, 5.74) is 3.96. The number of thioether (sulfide) groups is 1. The molecule has 3 aromatic carbocycles. The summed E-state index contributed by atoms with van der Waals surface area (Å²) in [6.45, 7) is 2.54. The fraction of sp³-hybridized carbons (Fsp3) is 0.0833. The number of aryl methyl sites for hydroxylation is 1. The van der Waals surface area contributed by atoms with Crippen LogP contribution in [0.1, 0.15) is 16.7 Å². The normalized spacial score (nSPS) is 15.2. The van der Waals surface area contributed by atoms with Crippen LogP contribution in [-0.4, -0.2) is 10.2 Å². The van der Waals surface area contributed by atoms with Gasteiger partial charge in [0.15, 0.2) is 4.32 Å². The van der Waals surface area contributed by atoms with Crippen molar-refractivity contribution in [2.24, 2.45) is 0 Å². The van der Waals surface area contributed by atoms with Crippen LogP contribution in [0.25, 0.3) is 6.08 Å². The molecule has 1 heterocycles. The zero-order valence-electron chi connectivity index (χ0n) is 15.9. The maximum atomic E-state index is 13.0. The van der Waals surface area contributed by atoms with Crippen LogP contribution < -0.4 is 9.64 Å². The molecule has 0 spiro atoms. The van der Waals surface area contributed by atoms with Gasteiger partial charge >= 0.3 is 0 Å². The summed E-state index contributed by atoms with van der Waals surface area (Å²) in [4.78, 5) is 15.1. The zero-order chi connectivity index (χ0) is 20.2. The number of thiocarbonyl (C=S) groups is 1. The summed E-state index contributed by atoms with van der Waals surface area (Å²) in [6, 6.07) is 25.3. The van der Waals surface area contributed by atoms with E-state index in [-0.39, 0.29) is 5.91 Å². The highest BCUT2D eigenvalue weighted by Crippen LogP contribution is 2.37. The Hall–Kier alpha value is -2.89. The van der Waals surface area contributed by atoms with Gasteiger partial charge in [-0.3, -0.25) is 9.69 Å². The minimum absolute atomic E-state index is 0.111. The predicted octanol–water partition coefficient (Wildman–Crippen LogP) is 5.98. The second-order valence-corrected chi connectivity index (χ2v) is 8.28. The number of rotatable bonds is 5. The van der Waals surface area contributed by atoms with Crippen molar-refractivity contribution in [3.05, 3.63) is 100 Å². The van der Waals surface area contributed by atoms with Crippen molar-refractivity contribution in [2.75, 3.05) is 4.90 Å². The average molecular weight is 418 g/mol. The van der Waals surface area contributed by atoms with Crippen molar-refractivity contribution in [2.45, 2.75) is 13.5 Å². The highest BCUT2D eigenvalue weighted by molar-refractivity contribution is 8.27. The number of carbonyl (C=O) groups is 1. The summed E-state index contributed by atoms with van der Waals surface area (Å²) >= 11 is 6.76. The number of amides is 1. The zero-order valence-corrected chi connectivity index (χ0v) is 17.5. The summed E-state index contributed by atoms with van der Waals surface area (Å²) in [7, 11) is 0. The molecular formula is C24H19NO2S2. The number of carbonyl (C=O) groups excluding carboxylic acids is 1. The Morgan fingerprint density at radius 2 is 1.66 bits per heavy atom. The molecular weight excluding hydrogens is 398 g/mol. The third-order valence-corrected chi connectivity index (χ3v) is 5.96. The molecule has 0 radical (unpaired) electrons. The highest BCUT2D eigenvalue weighted by Gasteiger charge is 2.33. The third kappa shape index (κ3) is 4.26. The van der Waals surface area contributed by atoms with Gasteiger partial charge in [0.1, 0.15) is 12.4 Å². The number of para-hydroxylation sites is 2. The van der Waals surface area contributed by atoms with Crippen LogP contribution in [0.5, 0.6) is 5.75 Å². The molecule has 4 rings (SSSR count). The maximum Gasteiger partial charge on any atom is 0.270 e. The fourth-order valence-electron chi connectivity index (χ4n) is 3.07. The average Bonchev–Trinajstić information content (AvgIpc) is 3.02. The second kappa shape index (κ2) is 8.64. The lowest BCUT2D eigenvalue weighted by molar-refractivity contribution is -0.113. The van der Waals surface area contributed by atoms with Crippen molar-refractivity contribution < 1.29 is 9.53 Å². The van der Waals surface area contributed by atoms with E-state index in [0.29, 0.717) is 15.8 Å². The molecule has 0 unspecified atom stereocenters. The molecule has 0 N–H and O–H groups in total. The fourth-order valence-corrected chi connectivity index (χ4v) is 4.36. The topological polar surface area (TPSA) is 29.5 Å². The Kier molecular flexibility index (Phi) is 5.79. The van der Waals surface area contributed by atoms with Crippen LogP contribution in [0.2, 0.25) is 0 Å². The molecule has 3 nitrogen and oxygen atoms in total. The van der Waals surface area contributed by atoms with E-state index < -0.39 is 0 Å². The van der Waals surface area contributed by atoms with Gasteiger partial charge in [-0.1, -0.05) is 84.6 Å². The first-order valence-electron chi connectivity index (χ1n) is 9.23.